The number of carbonyl (C=O) groups is 2. The largest absolute Gasteiger partial charge is 0.497 e. The van der Waals surface area contributed by atoms with Crippen LogP contribution in [0.1, 0.15) is 12.0 Å². The van der Waals surface area contributed by atoms with Crippen molar-refractivity contribution in [2.45, 2.75) is 6.42 Å². The first kappa shape index (κ1) is 17.8. The highest BCUT2D eigenvalue weighted by molar-refractivity contribution is 6.05. The number of methoxy groups -OCH3 is 1. The highest BCUT2D eigenvalue weighted by Gasteiger charge is 2.07. The summed E-state index contributed by atoms with van der Waals surface area (Å²) in [7, 11) is 1.58. The monoisotopic (exact) mass is 335 g/mol. The molecule has 0 aliphatic rings. The molecule has 0 saturated carbocycles. The van der Waals surface area contributed by atoms with Crippen molar-refractivity contribution >= 4 is 29.3 Å². The van der Waals surface area contributed by atoms with Crippen molar-refractivity contribution in [1.82, 2.24) is 0 Å². The second kappa shape index (κ2) is 8.89. The van der Waals surface area contributed by atoms with E-state index in [1.807, 2.05) is 18.2 Å². The molecule has 2 rings (SSSR count). The van der Waals surface area contributed by atoms with Crippen LogP contribution in [0.15, 0.2) is 54.6 Å². The van der Waals surface area contributed by atoms with Gasteiger partial charge < -0.3 is 15.4 Å². The molecule has 2 aromatic carbocycles. The van der Waals surface area contributed by atoms with Gasteiger partial charge in [0.05, 0.1) is 24.6 Å². The predicted molar refractivity (Wildman–Crippen MR) is 96.0 cm³/mol. The second-order valence-corrected chi connectivity index (χ2v) is 5.03. The second-order valence-electron chi connectivity index (χ2n) is 5.03. The van der Waals surface area contributed by atoms with E-state index in [1.54, 1.807) is 49.6 Å². The fourth-order valence-electron chi connectivity index (χ4n) is 2.06. The van der Waals surface area contributed by atoms with Crippen LogP contribution in [0, 0.1) is 11.3 Å². The van der Waals surface area contributed by atoms with Gasteiger partial charge in [0.15, 0.2) is 0 Å². The molecule has 0 bridgehead atoms. The van der Waals surface area contributed by atoms with Gasteiger partial charge in [0.25, 0.3) is 0 Å². The Labute approximate surface area is 145 Å². The van der Waals surface area contributed by atoms with Gasteiger partial charge in [0, 0.05) is 6.08 Å². The molecule has 0 fully saturated rings. The lowest BCUT2D eigenvalue weighted by molar-refractivity contribution is -0.115. The van der Waals surface area contributed by atoms with Gasteiger partial charge in [0.1, 0.15) is 12.2 Å². The molecule has 0 saturated heterocycles. The van der Waals surface area contributed by atoms with Crippen molar-refractivity contribution in [3.05, 3.63) is 60.2 Å². The summed E-state index contributed by atoms with van der Waals surface area (Å²) >= 11 is 0. The molecule has 0 aliphatic carbocycles. The van der Waals surface area contributed by atoms with Crippen LogP contribution in [0.2, 0.25) is 0 Å². The summed E-state index contributed by atoms with van der Waals surface area (Å²) in [5, 5.41) is 13.8. The van der Waals surface area contributed by atoms with E-state index in [1.165, 1.54) is 6.08 Å². The van der Waals surface area contributed by atoms with Crippen molar-refractivity contribution in [2.24, 2.45) is 0 Å². The Kier molecular flexibility index (Phi) is 6.32. The van der Waals surface area contributed by atoms with Crippen molar-refractivity contribution in [1.29, 1.82) is 5.26 Å². The van der Waals surface area contributed by atoms with E-state index >= 15 is 0 Å². The summed E-state index contributed by atoms with van der Waals surface area (Å²) in [6.07, 6.45) is 2.80. The minimum absolute atomic E-state index is 0.252. The third-order valence-electron chi connectivity index (χ3n) is 3.22. The minimum Gasteiger partial charge on any atom is -0.497 e. The number of ether oxygens (including phenoxy) is 1. The van der Waals surface area contributed by atoms with E-state index in [4.69, 9.17) is 10.00 Å². The number of benzene rings is 2. The Morgan fingerprint density at radius 2 is 1.84 bits per heavy atom. The van der Waals surface area contributed by atoms with Crippen LogP contribution in [0.3, 0.4) is 0 Å². The van der Waals surface area contributed by atoms with E-state index in [0.29, 0.717) is 17.1 Å². The highest BCUT2D eigenvalue weighted by Crippen LogP contribution is 2.21. The number of carbonyl (C=O) groups excluding carboxylic acids is 2. The first-order chi connectivity index (χ1) is 12.1. The maximum atomic E-state index is 12.1. The molecule has 2 N–H and O–H groups in total. The van der Waals surface area contributed by atoms with Crippen molar-refractivity contribution in [2.75, 3.05) is 17.7 Å². The van der Waals surface area contributed by atoms with Crippen LogP contribution >= 0.6 is 0 Å². The molecule has 6 heteroatoms. The summed E-state index contributed by atoms with van der Waals surface area (Å²) in [6.45, 7) is 0. The predicted octanol–water partition coefficient (Wildman–Crippen LogP) is 3.20. The summed E-state index contributed by atoms with van der Waals surface area (Å²) < 4.78 is 5.13. The van der Waals surface area contributed by atoms with Gasteiger partial charge in [0.2, 0.25) is 11.8 Å². The van der Waals surface area contributed by atoms with Gasteiger partial charge in [-0.3, -0.25) is 9.59 Å². The van der Waals surface area contributed by atoms with Crippen LogP contribution < -0.4 is 15.4 Å². The number of para-hydroxylation sites is 2. The number of nitrogens with one attached hydrogen (secondary N) is 2. The number of hydrogen-bond donors (Lipinski definition) is 2. The SMILES string of the molecule is COc1cccc(/C=C/C(=O)Nc2ccccc2NC(=O)CC#N)c1. The topological polar surface area (TPSA) is 91.2 Å². The van der Waals surface area contributed by atoms with Crippen molar-refractivity contribution in [3.63, 3.8) is 0 Å². The average molecular weight is 335 g/mol. The highest BCUT2D eigenvalue weighted by atomic mass is 16.5. The van der Waals surface area contributed by atoms with Gasteiger partial charge >= 0.3 is 0 Å². The summed E-state index contributed by atoms with van der Waals surface area (Å²) in [5.74, 6) is -0.0750. The van der Waals surface area contributed by atoms with Crippen LogP contribution in [0.4, 0.5) is 11.4 Å². The molecule has 25 heavy (non-hydrogen) atoms. The van der Waals surface area contributed by atoms with Gasteiger partial charge in [-0.2, -0.15) is 5.26 Å². The Bertz CT molecular complexity index is 838. The first-order valence-corrected chi connectivity index (χ1v) is 7.51. The molecular formula is C19H17N3O3. The molecule has 0 spiro atoms. The van der Waals surface area contributed by atoms with Crippen LogP contribution in [-0.4, -0.2) is 18.9 Å². The Hall–Kier alpha value is -3.59. The normalized spacial score (nSPS) is 10.1. The maximum Gasteiger partial charge on any atom is 0.248 e. The third-order valence-corrected chi connectivity index (χ3v) is 3.22. The fourth-order valence-corrected chi connectivity index (χ4v) is 2.06. The van der Waals surface area contributed by atoms with E-state index in [9.17, 15) is 9.59 Å². The Morgan fingerprint density at radius 3 is 2.52 bits per heavy atom. The quantitative estimate of drug-likeness (QED) is 0.793. The van der Waals surface area contributed by atoms with Gasteiger partial charge in [-0.05, 0) is 35.9 Å². The number of nitriles is 1. The zero-order valence-electron chi connectivity index (χ0n) is 13.7. The molecule has 0 aromatic heterocycles. The van der Waals surface area contributed by atoms with Gasteiger partial charge in [-0.25, -0.2) is 0 Å². The smallest absolute Gasteiger partial charge is 0.248 e. The summed E-state index contributed by atoms with van der Waals surface area (Å²) in [5.41, 5.74) is 1.71. The zero-order chi connectivity index (χ0) is 18.1. The van der Waals surface area contributed by atoms with E-state index < -0.39 is 5.91 Å². The number of hydrogen-bond acceptors (Lipinski definition) is 4. The molecule has 0 unspecified atom stereocenters. The van der Waals surface area contributed by atoms with E-state index in [2.05, 4.69) is 10.6 Å². The summed E-state index contributed by atoms with van der Waals surface area (Å²) in [6, 6.07) is 15.9. The van der Waals surface area contributed by atoms with Crippen LogP contribution in [-0.2, 0) is 9.59 Å². The maximum absolute atomic E-state index is 12.1. The first-order valence-electron chi connectivity index (χ1n) is 7.51. The van der Waals surface area contributed by atoms with E-state index in [-0.39, 0.29) is 12.3 Å². The Morgan fingerprint density at radius 1 is 1.12 bits per heavy atom. The molecule has 0 radical (unpaired) electrons. The minimum atomic E-state index is -0.434. The molecule has 0 aliphatic heterocycles. The van der Waals surface area contributed by atoms with Gasteiger partial charge in [-0.1, -0.05) is 24.3 Å². The molecule has 126 valence electrons. The van der Waals surface area contributed by atoms with Gasteiger partial charge in [-0.15, -0.1) is 0 Å². The number of rotatable bonds is 6. The molecule has 2 aromatic rings. The van der Waals surface area contributed by atoms with Crippen LogP contribution in [0.5, 0.6) is 5.75 Å². The third kappa shape index (κ3) is 5.52. The molecule has 6 nitrogen and oxygen atoms in total. The fraction of sp³-hybridized carbons (Fsp3) is 0.105. The van der Waals surface area contributed by atoms with Crippen molar-refractivity contribution in [3.8, 4) is 11.8 Å². The molecule has 0 heterocycles. The van der Waals surface area contributed by atoms with Crippen molar-refractivity contribution < 1.29 is 14.3 Å². The number of amides is 2. The van der Waals surface area contributed by atoms with E-state index in [0.717, 1.165) is 5.56 Å². The lowest BCUT2D eigenvalue weighted by Gasteiger charge is -2.10. The summed E-state index contributed by atoms with van der Waals surface area (Å²) in [4.78, 5) is 23.7. The number of nitrogens with zero attached hydrogens (tertiary/aromatic N) is 1. The number of anilines is 2. The molecule has 0 atom stereocenters. The Balaban J connectivity index is 2.06. The zero-order valence-corrected chi connectivity index (χ0v) is 13.7. The lowest BCUT2D eigenvalue weighted by Crippen LogP contribution is -2.14. The molecule has 2 amide bonds. The average Bonchev–Trinajstić information content (AvgIpc) is 2.62. The van der Waals surface area contributed by atoms with Crippen LogP contribution in [0.25, 0.3) is 6.08 Å². The lowest BCUT2D eigenvalue weighted by atomic mass is 10.2. The molecular weight excluding hydrogens is 318 g/mol. The standard InChI is InChI=1S/C19H17N3O3/c1-25-15-6-4-5-14(13-15)9-10-18(23)21-16-7-2-3-8-17(16)22-19(24)11-12-20/h2-10,13H,11H2,1H3,(H,21,23)(H,22,24)/b10-9+.